The molecule has 4 nitrogen and oxygen atoms in total. The van der Waals surface area contributed by atoms with Gasteiger partial charge in [-0.15, -0.1) is 0 Å². The van der Waals surface area contributed by atoms with Crippen LogP contribution < -0.4 is 9.47 Å². The second-order valence-corrected chi connectivity index (χ2v) is 5.22. The van der Waals surface area contributed by atoms with Gasteiger partial charge in [0.2, 0.25) is 0 Å². The van der Waals surface area contributed by atoms with Crippen molar-refractivity contribution in [3.05, 3.63) is 23.8 Å². The Balaban J connectivity index is 2.11. The number of rotatable bonds is 4. The summed E-state index contributed by atoms with van der Waals surface area (Å²) in [6.07, 6.45) is 0. The number of hydrogen-bond donors (Lipinski definition) is 0. The molecular weight excluding hydrogens is 240 g/mol. The fourth-order valence-electron chi connectivity index (χ4n) is 2.59. The predicted molar refractivity (Wildman–Crippen MR) is 76.9 cm³/mol. The molecule has 106 valence electrons. The van der Waals surface area contributed by atoms with Gasteiger partial charge in [0.25, 0.3) is 0 Å². The summed E-state index contributed by atoms with van der Waals surface area (Å²) >= 11 is 0. The summed E-state index contributed by atoms with van der Waals surface area (Å²) in [6.45, 7) is 6.50. The zero-order valence-corrected chi connectivity index (χ0v) is 12.3. The van der Waals surface area contributed by atoms with E-state index in [1.54, 1.807) is 14.2 Å². The van der Waals surface area contributed by atoms with Crippen LogP contribution in [0.1, 0.15) is 12.5 Å². The van der Waals surface area contributed by atoms with Crippen molar-refractivity contribution in [3.8, 4) is 11.5 Å². The number of likely N-dealkylation sites (N-methyl/N-ethyl adjacent to an activating group) is 1. The first-order chi connectivity index (χ1) is 9.15. The molecule has 0 aromatic heterocycles. The molecular formula is C15H24N2O2. The molecule has 0 amide bonds. The van der Waals surface area contributed by atoms with Crippen LogP contribution in [0.4, 0.5) is 0 Å². The highest BCUT2D eigenvalue weighted by Gasteiger charge is 2.22. The number of piperazine rings is 1. The summed E-state index contributed by atoms with van der Waals surface area (Å²) in [7, 11) is 5.57. The van der Waals surface area contributed by atoms with E-state index >= 15 is 0 Å². The van der Waals surface area contributed by atoms with Crippen molar-refractivity contribution in [2.24, 2.45) is 0 Å². The maximum atomic E-state index is 5.49. The molecule has 1 heterocycles. The van der Waals surface area contributed by atoms with Crippen LogP contribution in [0.5, 0.6) is 11.5 Å². The van der Waals surface area contributed by atoms with Crippen LogP contribution in [-0.4, -0.2) is 56.7 Å². The highest BCUT2D eigenvalue weighted by atomic mass is 16.5. The van der Waals surface area contributed by atoms with E-state index < -0.39 is 0 Å². The van der Waals surface area contributed by atoms with Gasteiger partial charge in [-0.1, -0.05) is 12.1 Å². The Bertz CT molecular complexity index is 423. The van der Waals surface area contributed by atoms with Crippen LogP contribution in [0.3, 0.4) is 0 Å². The molecule has 0 spiro atoms. The third-order valence-corrected chi connectivity index (χ3v) is 3.92. The Hall–Kier alpha value is -1.26. The van der Waals surface area contributed by atoms with Crippen molar-refractivity contribution in [2.45, 2.75) is 19.5 Å². The fraction of sp³-hybridized carbons (Fsp3) is 0.600. The zero-order chi connectivity index (χ0) is 13.8. The molecule has 19 heavy (non-hydrogen) atoms. The lowest BCUT2D eigenvalue weighted by molar-refractivity contribution is 0.0992. The van der Waals surface area contributed by atoms with Crippen LogP contribution in [0.2, 0.25) is 0 Å². The van der Waals surface area contributed by atoms with E-state index in [-0.39, 0.29) is 0 Å². The number of para-hydroxylation sites is 1. The molecule has 0 N–H and O–H groups in total. The average molecular weight is 264 g/mol. The zero-order valence-electron chi connectivity index (χ0n) is 12.3. The Morgan fingerprint density at radius 3 is 2.63 bits per heavy atom. The average Bonchev–Trinajstić information content (AvgIpc) is 2.42. The van der Waals surface area contributed by atoms with E-state index in [0.29, 0.717) is 6.04 Å². The first kappa shape index (κ1) is 14.2. The maximum Gasteiger partial charge on any atom is 0.165 e. The van der Waals surface area contributed by atoms with E-state index in [9.17, 15) is 0 Å². The Kier molecular flexibility index (Phi) is 4.66. The van der Waals surface area contributed by atoms with Crippen molar-refractivity contribution in [2.75, 3.05) is 40.9 Å². The lowest BCUT2D eigenvalue weighted by Crippen LogP contribution is -2.49. The van der Waals surface area contributed by atoms with Crippen molar-refractivity contribution in [1.82, 2.24) is 9.80 Å². The third kappa shape index (κ3) is 3.19. The summed E-state index contributed by atoms with van der Waals surface area (Å²) in [5.41, 5.74) is 1.19. The number of ether oxygens (including phenoxy) is 2. The maximum absolute atomic E-state index is 5.49. The van der Waals surface area contributed by atoms with Gasteiger partial charge in [-0.2, -0.15) is 0 Å². The van der Waals surface area contributed by atoms with Gasteiger partial charge in [0.1, 0.15) is 0 Å². The van der Waals surface area contributed by atoms with Crippen molar-refractivity contribution in [1.29, 1.82) is 0 Å². The summed E-state index contributed by atoms with van der Waals surface area (Å²) in [5.74, 6) is 1.67. The van der Waals surface area contributed by atoms with E-state index in [4.69, 9.17) is 9.47 Å². The summed E-state index contributed by atoms with van der Waals surface area (Å²) < 4.78 is 10.8. The van der Waals surface area contributed by atoms with Gasteiger partial charge < -0.3 is 14.4 Å². The lowest BCUT2D eigenvalue weighted by Gasteiger charge is -2.37. The number of methoxy groups -OCH3 is 2. The normalized spacial score (nSPS) is 21.4. The molecule has 1 atom stereocenters. The van der Waals surface area contributed by atoms with Gasteiger partial charge in [-0.25, -0.2) is 0 Å². The standard InChI is InChI=1S/C15H24N2O2/c1-12-10-17(9-8-16(12)2)11-13-6-5-7-14(18-3)15(13)19-4/h5-7,12H,8-11H2,1-4H3/t12-/m1/s1. The minimum absolute atomic E-state index is 0.602. The largest absolute Gasteiger partial charge is 0.493 e. The molecule has 1 aliphatic heterocycles. The molecule has 1 fully saturated rings. The topological polar surface area (TPSA) is 24.9 Å². The van der Waals surface area contributed by atoms with Crippen LogP contribution in [0.25, 0.3) is 0 Å². The SMILES string of the molecule is COc1cccc(CN2CCN(C)[C@H](C)C2)c1OC. The van der Waals surface area contributed by atoms with E-state index in [0.717, 1.165) is 37.7 Å². The Labute approximate surface area is 115 Å². The minimum atomic E-state index is 0.602. The molecule has 4 heteroatoms. The first-order valence-corrected chi connectivity index (χ1v) is 6.78. The number of benzene rings is 1. The molecule has 1 aliphatic rings. The predicted octanol–water partition coefficient (Wildman–Crippen LogP) is 1.84. The van der Waals surface area contributed by atoms with Crippen molar-refractivity contribution < 1.29 is 9.47 Å². The van der Waals surface area contributed by atoms with Gasteiger partial charge >= 0.3 is 0 Å². The van der Waals surface area contributed by atoms with Crippen molar-refractivity contribution in [3.63, 3.8) is 0 Å². The second-order valence-electron chi connectivity index (χ2n) is 5.22. The third-order valence-electron chi connectivity index (χ3n) is 3.92. The highest BCUT2D eigenvalue weighted by molar-refractivity contribution is 5.46. The quantitative estimate of drug-likeness (QED) is 0.828. The van der Waals surface area contributed by atoms with E-state index in [1.165, 1.54) is 5.56 Å². The number of hydrogen-bond acceptors (Lipinski definition) is 4. The van der Waals surface area contributed by atoms with Crippen LogP contribution in [0.15, 0.2) is 18.2 Å². The monoisotopic (exact) mass is 264 g/mol. The van der Waals surface area contributed by atoms with Crippen LogP contribution in [0, 0.1) is 0 Å². The fourth-order valence-corrected chi connectivity index (χ4v) is 2.59. The molecule has 0 saturated carbocycles. The molecule has 2 rings (SSSR count). The van der Waals surface area contributed by atoms with Gasteiger partial charge in [0.05, 0.1) is 14.2 Å². The summed E-state index contributed by atoms with van der Waals surface area (Å²) in [4.78, 5) is 4.88. The first-order valence-electron chi connectivity index (χ1n) is 6.78. The van der Waals surface area contributed by atoms with Gasteiger partial charge in [0, 0.05) is 37.8 Å². The Morgan fingerprint density at radius 1 is 1.21 bits per heavy atom. The second kappa shape index (κ2) is 6.26. The van der Waals surface area contributed by atoms with Gasteiger partial charge in [-0.3, -0.25) is 4.90 Å². The Morgan fingerprint density at radius 2 is 2.00 bits per heavy atom. The smallest absolute Gasteiger partial charge is 0.165 e. The van der Waals surface area contributed by atoms with E-state index in [1.807, 2.05) is 12.1 Å². The molecule has 1 aromatic rings. The molecule has 1 aromatic carbocycles. The highest BCUT2D eigenvalue weighted by Crippen LogP contribution is 2.31. The molecule has 0 radical (unpaired) electrons. The lowest BCUT2D eigenvalue weighted by atomic mass is 10.1. The molecule has 0 unspecified atom stereocenters. The molecule has 1 saturated heterocycles. The summed E-state index contributed by atoms with van der Waals surface area (Å²) in [5, 5.41) is 0. The minimum Gasteiger partial charge on any atom is -0.493 e. The van der Waals surface area contributed by atoms with Crippen molar-refractivity contribution >= 4 is 0 Å². The van der Waals surface area contributed by atoms with Gasteiger partial charge in [0.15, 0.2) is 11.5 Å². The summed E-state index contributed by atoms with van der Waals surface area (Å²) in [6, 6.07) is 6.68. The van der Waals surface area contributed by atoms with Gasteiger partial charge in [-0.05, 0) is 20.0 Å². The number of nitrogens with zero attached hydrogens (tertiary/aromatic N) is 2. The van der Waals surface area contributed by atoms with E-state index in [2.05, 4.69) is 29.8 Å². The molecule has 0 aliphatic carbocycles. The molecule has 0 bridgehead atoms. The van der Waals surface area contributed by atoms with Crippen LogP contribution in [-0.2, 0) is 6.54 Å². The van der Waals surface area contributed by atoms with Crippen LogP contribution >= 0.6 is 0 Å².